The minimum absolute atomic E-state index is 0.349. The molecule has 17 heavy (non-hydrogen) atoms. The average molecular weight is 239 g/mol. The van der Waals surface area contributed by atoms with E-state index in [9.17, 15) is 0 Å². The summed E-state index contributed by atoms with van der Waals surface area (Å²) < 4.78 is 0. The van der Waals surface area contributed by atoms with E-state index in [0.29, 0.717) is 11.8 Å². The van der Waals surface area contributed by atoms with Crippen LogP contribution in [0.5, 0.6) is 0 Å². The lowest BCUT2D eigenvalue weighted by Gasteiger charge is -2.33. The number of hydrogen-bond acceptors (Lipinski definition) is 2. The maximum atomic E-state index is 7.48. The summed E-state index contributed by atoms with van der Waals surface area (Å²) in [4.78, 5) is 2.57. The smallest absolute Gasteiger partial charge is 0.0937 e. The summed E-state index contributed by atoms with van der Waals surface area (Å²) in [6, 6.07) is 0. The summed E-state index contributed by atoms with van der Waals surface area (Å²) in [7, 11) is 0. The predicted octanol–water partition coefficient (Wildman–Crippen LogP) is 2.85. The summed E-state index contributed by atoms with van der Waals surface area (Å²) in [5, 5.41) is 7.48. The molecule has 0 aromatic heterocycles. The highest BCUT2D eigenvalue weighted by atomic mass is 15.1. The van der Waals surface area contributed by atoms with Crippen LogP contribution in [-0.4, -0.2) is 30.4 Å². The van der Waals surface area contributed by atoms with Crippen molar-refractivity contribution in [2.75, 3.05) is 19.6 Å². The lowest BCUT2D eigenvalue weighted by atomic mass is 9.93. The van der Waals surface area contributed by atoms with E-state index in [-0.39, 0.29) is 0 Å². The van der Waals surface area contributed by atoms with E-state index in [0.717, 1.165) is 31.8 Å². The van der Waals surface area contributed by atoms with Crippen LogP contribution in [0.4, 0.5) is 0 Å². The number of likely N-dealkylation sites (tertiary alicyclic amines) is 1. The van der Waals surface area contributed by atoms with Gasteiger partial charge in [-0.15, -0.1) is 0 Å². The first-order chi connectivity index (χ1) is 8.17. The predicted molar refractivity (Wildman–Crippen MR) is 74.4 cm³/mol. The lowest BCUT2D eigenvalue weighted by Crippen LogP contribution is -2.40. The molecule has 100 valence electrons. The molecule has 1 atom stereocenters. The first-order valence-corrected chi connectivity index (χ1v) is 7.23. The summed E-state index contributed by atoms with van der Waals surface area (Å²) in [5.41, 5.74) is 5.57. The zero-order valence-electron chi connectivity index (χ0n) is 11.5. The highest BCUT2D eigenvalue weighted by molar-refractivity contribution is 5.79. The van der Waals surface area contributed by atoms with Gasteiger partial charge >= 0.3 is 0 Å². The number of piperidine rings is 1. The molecule has 1 fully saturated rings. The van der Waals surface area contributed by atoms with Crippen molar-refractivity contribution >= 4 is 5.84 Å². The van der Waals surface area contributed by atoms with E-state index < -0.39 is 0 Å². The second-order valence-electron chi connectivity index (χ2n) is 5.45. The van der Waals surface area contributed by atoms with E-state index in [1.807, 2.05) is 0 Å². The molecule has 0 aliphatic carbocycles. The van der Waals surface area contributed by atoms with Gasteiger partial charge in [-0.2, -0.15) is 0 Å². The maximum Gasteiger partial charge on any atom is 0.0937 e. The van der Waals surface area contributed by atoms with Gasteiger partial charge in [-0.25, -0.2) is 0 Å². The van der Waals surface area contributed by atoms with Crippen molar-refractivity contribution in [1.29, 1.82) is 5.41 Å². The Morgan fingerprint density at radius 2 is 2.00 bits per heavy atom. The molecule has 0 aromatic rings. The maximum absolute atomic E-state index is 7.48. The molecule has 1 heterocycles. The van der Waals surface area contributed by atoms with E-state index in [2.05, 4.69) is 18.7 Å². The van der Waals surface area contributed by atoms with Crippen LogP contribution in [-0.2, 0) is 0 Å². The van der Waals surface area contributed by atoms with Crippen LogP contribution in [0.15, 0.2) is 0 Å². The Bertz CT molecular complexity index is 220. The van der Waals surface area contributed by atoms with Crippen LogP contribution < -0.4 is 5.73 Å². The Balaban J connectivity index is 2.26. The van der Waals surface area contributed by atoms with Crippen molar-refractivity contribution in [1.82, 2.24) is 4.90 Å². The molecule has 0 radical (unpaired) electrons. The molecule has 0 bridgehead atoms. The van der Waals surface area contributed by atoms with Crippen LogP contribution in [0, 0.1) is 17.2 Å². The first kappa shape index (κ1) is 14.5. The highest BCUT2D eigenvalue weighted by Crippen LogP contribution is 2.20. The molecule has 1 saturated heterocycles. The molecule has 0 spiro atoms. The largest absolute Gasteiger partial charge is 0.387 e. The Morgan fingerprint density at radius 3 is 2.47 bits per heavy atom. The Labute approximate surface area is 106 Å². The minimum atomic E-state index is 0.349. The van der Waals surface area contributed by atoms with Crippen molar-refractivity contribution in [2.45, 2.75) is 52.4 Å². The van der Waals surface area contributed by atoms with Gasteiger partial charge in [0.25, 0.3) is 0 Å². The van der Waals surface area contributed by atoms with E-state index in [4.69, 9.17) is 11.1 Å². The molecule has 3 heteroatoms. The molecule has 0 saturated carbocycles. The zero-order valence-corrected chi connectivity index (χ0v) is 11.5. The number of nitrogens with one attached hydrogen (secondary N) is 1. The SMILES string of the molecule is CCCCC(CC)CN1CCC(C(=N)N)CC1. The van der Waals surface area contributed by atoms with Crippen LogP contribution >= 0.6 is 0 Å². The van der Waals surface area contributed by atoms with Gasteiger partial charge in [-0.3, -0.25) is 5.41 Å². The van der Waals surface area contributed by atoms with E-state index >= 15 is 0 Å². The summed E-state index contributed by atoms with van der Waals surface area (Å²) in [6.45, 7) is 8.09. The van der Waals surface area contributed by atoms with Crippen LogP contribution in [0.1, 0.15) is 52.4 Å². The van der Waals surface area contributed by atoms with Crippen molar-refractivity contribution in [3.05, 3.63) is 0 Å². The third-order valence-corrected chi connectivity index (χ3v) is 4.09. The van der Waals surface area contributed by atoms with Gasteiger partial charge in [0.05, 0.1) is 5.84 Å². The number of unbranched alkanes of at least 4 members (excludes halogenated alkanes) is 1. The fourth-order valence-electron chi connectivity index (χ4n) is 2.71. The van der Waals surface area contributed by atoms with Gasteiger partial charge < -0.3 is 10.6 Å². The highest BCUT2D eigenvalue weighted by Gasteiger charge is 2.22. The summed E-state index contributed by atoms with van der Waals surface area (Å²) in [5.74, 6) is 1.61. The van der Waals surface area contributed by atoms with Gasteiger partial charge in [-0.1, -0.05) is 33.1 Å². The topological polar surface area (TPSA) is 53.1 Å². The molecule has 1 aliphatic rings. The van der Waals surface area contributed by atoms with Crippen molar-refractivity contribution < 1.29 is 0 Å². The first-order valence-electron chi connectivity index (χ1n) is 7.23. The zero-order chi connectivity index (χ0) is 12.7. The molecular formula is C14H29N3. The number of rotatable bonds is 7. The fraction of sp³-hybridized carbons (Fsp3) is 0.929. The molecule has 1 rings (SSSR count). The third-order valence-electron chi connectivity index (χ3n) is 4.09. The Kier molecular flexibility index (Phi) is 6.56. The summed E-state index contributed by atoms with van der Waals surface area (Å²) in [6.07, 6.45) is 7.51. The van der Waals surface area contributed by atoms with Gasteiger partial charge in [0, 0.05) is 12.5 Å². The van der Waals surface area contributed by atoms with Crippen LogP contribution in [0.25, 0.3) is 0 Å². The lowest BCUT2D eigenvalue weighted by molar-refractivity contribution is 0.172. The van der Waals surface area contributed by atoms with Gasteiger partial charge in [-0.05, 0) is 38.3 Å². The number of nitrogens with two attached hydrogens (primary N) is 1. The number of hydrogen-bond donors (Lipinski definition) is 2. The molecule has 0 amide bonds. The standard InChI is InChI=1S/C14H29N3/c1-3-5-6-12(4-2)11-17-9-7-13(8-10-17)14(15)16/h12-13H,3-11H2,1-2H3,(H3,15,16). The van der Waals surface area contributed by atoms with E-state index in [1.54, 1.807) is 0 Å². The fourth-order valence-corrected chi connectivity index (χ4v) is 2.71. The molecular weight excluding hydrogens is 210 g/mol. The van der Waals surface area contributed by atoms with Crippen LogP contribution in [0.2, 0.25) is 0 Å². The molecule has 1 unspecified atom stereocenters. The molecule has 3 nitrogen and oxygen atoms in total. The average Bonchev–Trinajstić information content (AvgIpc) is 2.35. The van der Waals surface area contributed by atoms with Crippen molar-refractivity contribution in [3.8, 4) is 0 Å². The monoisotopic (exact) mass is 239 g/mol. The van der Waals surface area contributed by atoms with Crippen molar-refractivity contribution in [2.24, 2.45) is 17.6 Å². The van der Waals surface area contributed by atoms with Crippen LogP contribution in [0.3, 0.4) is 0 Å². The van der Waals surface area contributed by atoms with Gasteiger partial charge in [0.15, 0.2) is 0 Å². The van der Waals surface area contributed by atoms with Gasteiger partial charge in [0.1, 0.15) is 0 Å². The molecule has 0 aromatic carbocycles. The third kappa shape index (κ3) is 5.07. The minimum Gasteiger partial charge on any atom is -0.387 e. The Morgan fingerprint density at radius 1 is 1.35 bits per heavy atom. The second kappa shape index (κ2) is 7.70. The molecule has 3 N–H and O–H groups in total. The summed E-state index contributed by atoms with van der Waals surface area (Å²) >= 11 is 0. The van der Waals surface area contributed by atoms with Gasteiger partial charge in [0.2, 0.25) is 0 Å². The number of nitrogens with zero attached hydrogens (tertiary/aromatic N) is 1. The molecule has 1 aliphatic heterocycles. The van der Waals surface area contributed by atoms with Crippen molar-refractivity contribution in [3.63, 3.8) is 0 Å². The number of amidine groups is 1. The van der Waals surface area contributed by atoms with E-state index in [1.165, 1.54) is 32.2 Å². The quantitative estimate of drug-likeness (QED) is 0.530. The Hall–Kier alpha value is -0.570. The normalized spacial score (nSPS) is 20.4. The second-order valence-corrected chi connectivity index (χ2v) is 5.45.